The molecule has 0 saturated heterocycles. The Balaban J connectivity index is 1.45. The van der Waals surface area contributed by atoms with Crippen molar-refractivity contribution in [2.24, 2.45) is 5.10 Å². The lowest BCUT2D eigenvalue weighted by Gasteiger charge is -2.12. The van der Waals surface area contributed by atoms with E-state index in [-0.39, 0.29) is 0 Å². The van der Waals surface area contributed by atoms with E-state index in [2.05, 4.69) is 15.5 Å². The van der Waals surface area contributed by atoms with Gasteiger partial charge in [-0.1, -0.05) is 41.4 Å². The molecule has 0 saturated carbocycles. The molecule has 9 heteroatoms. The Kier molecular flexibility index (Phi) is 8.02. The Morgan fingerprint density at radius 3 is 2.71 bits per heavy atom. The van der Waals surface area contributed by atoms with Gasteiger partial charge in [-0.3, -0.25) is 5.43 Å². The first kappa shape index (κ1) is 24.7. The summed E-state index contributed by atoms with van der Waals surface area (Å²) in [5, 5.41) is 7.86. The van der Waals surface area contributed by atoms with Gasteiger partial charge in [0.2, 0.25) is 5.13 Å². The molecule has 178 valence electrons. The maximum Gasteiger partial charge on any atom is 0.343 e. The van der Waals surface area contributed by atoms with Gasteiger partial charge in [0.25, 0.3) is 0 Å². The molecule has 35 heavy (non-hydrogen) atoms. The van der Waals surface area contributed by atoms with Gasteiger partial charge in [-0.05, 0) is 67.4 Å². The number of rotatable bonds is 8. The highest BCUT2D eigenvalue weighted by atomic mass is 35.5. The summed E-state index contributed by atoms with van der Waals surface area (Å²) in [6.45, 7) is 4.15. The third-order valence-corrected chi connectivity index (χ3v) is 6.22. The van der Waals surface area contributed by atoms with Crippen LogP contribution in [0.5, 0.6) is 11.5 Å². The molecule has 0 bridgehead atoms. The number of halogens is 2. The Bertz CT molecular complexity index is 1390. The molecule has 0 fully saturated rings. The molecule has 1 aromatic heterocycles. The average molecular weight is 526 g/mol. The smallest absolute Gasteiger partial charge is 0.343 e. The van der Waals surface area contributed by atoms with Crippen LogP contribution in [0.4, 0.5) is 5.13 Å². The third kappa shape index (κ3) is 6.19. The van der Waals surface area contributed by atoms with Gasteiger partial charge in [0.1, 0.15) is 0 Å². The van der Waals surface area contributed by atoms with Crippen LogP contribution in [0.25, 0.3) is 11.3 Å². The molecule has 1 N–H and O–H groups in total. The number of aromatic nitrogens is 1. The van der Waals surface area contributed by atoms with Gasteiger partial charge in [0, 0.05) is 16.0 Å². The first-order chi connectivity index (χ1) is 16.9. The minimum absolute atomic E-state index is 0.342. The molecule has 3 aromatic carbocycles. The van der Waals surface area contributed by atoms with E-state index in [4.69, 9.17) is 32.7 Å². The van der Waals surface area contributed by atoms with Crippen LogP contribution in [-0.2, 0) is 0 Å². The Morgan fingerprint density at radius 1 is 1.11 bits per heavy atom. The fraction of sp³-hybridized carbons (Fsp3) is 0.115. The van der Waals surface area contributed by atoms with Crippen molar-refractivity contribution in [3.8, 4) is 22.8 Å². The maximum atomic E-state index is 12.6. The van der Waals surface area contributed by atoms with Crippen molar-refractivity contribution < 1.29 is 14.3 Å². The highest BCUT2D eigenvalue weighted by Crippen LogP contribution is 2.32. The monoisotopic (exact) mass is 525 g/mol. The zero-order chi connectivity index (χ0) is 24.8. The molecule has 4 aromatic rings. The standard InChI is InChI=1S/C26H21Cl2N3O3S/c1-3-33-24-12-17(8-11-23(24)34-25(32)19-7-5-4-6-16(19)2)14-29-31-26-30-22(15-35-26)20-10-9-18(27)13-21(20)28/h4-15H,3H2,1-2H3,(H,30,31)/b29-14-. The summed E-state index contributed by atoms with van der Waals surface area (Å²) in [6, 6.07) is 17.8. The second-order valence-electron chi connectivity index (χ2n) is 7.38. The van der Waals surface area contributed by atoms with E-state index < -0.39 is 5.97 Å². The molecule has 0 amide bonds. The van der Waals surface area contributed by atoms with Crippen LogP contribution in [-0.4, -0.2) is 23.8 Å². The number of benzene rings is 3. The van der Waals surface area contributed by atoms with Crippen LogP contribution in [0, 0.1) is 6.92 Å². The van der Waals surface area contributed by atoms with Gasteiger partial charge < -0.3 is 9.47 Å². The van der Waals surface area contributed by atoms with Crippen molar-refractivity contribution in [3.05, 3.63) is 92.8 Å². The van der Waals surface area contributed by atoms with Crippen molar-refractivity contribution in [3.63, 3.8) is 0 Å². The Labute approximate surface area is 217 Å². The molecule has 4 rings (SSSR count). The molecule has 0 unspecified atom stereocenters. The number of aryl methyl sites for hydroxylation is 1. The lowest BCUT2D eigenvalue weighted by molar-refractivity contribution is 0.0727. The van der Waals surface area contributed by atoms with E-state index >= 15 is 0 Å². The fourth-order valence-corrected chi connectivity index (χ4v) is 4.39. The van der Waals surface area contributed by atoms with E-state index in [0.717, 1.165) is 22.4 Å². The lowest BCUT2D eigenvalue weighted by atomic mass is 10.1. The topological polar surface area (TPSA) is 72.8 Å². The van der Waals surface area contributed by atoms with Crippen LogP contribution in [0.15, 0.2) is 71.1 Å². The predicted octanol–water partition coefficient (Wildman–Crippen LogP) is 7.49. The van der Waals surface area contributed by atoms with Gasteiger partial charge in [-0.25, -0.2) is 9.78 Å². The summed E-state index contributed by atoms with van der Waals surface area (Å²) >= 11 is 13.6. The molecule has 1 heterocycles. The number of esters is 1. The Hall–Kier alpha value is -3.39. The van der Waals surface area contributed by atoms with Gasteiger partial charge in [0.05, 0.1) is 29.1 Å². The second-order valence-corrected chi connectivity index (χ2v) is 9.08. The number of ether oxygens (including phenoxy) is 2. The van der Waals surface area contributed by atoms with E-state index in [0.29, 0.717) is 38.8 Å². The number of thiazole rings is 1. The first-order valence-electron chi connectivity index (χ1n) is 10.7. The highest BCUT2D eigenvalue weighted by Gasteiger charge is 2.15. The second kappa shape index (κ2) is 11.4. The lowest BCUT2D eigenvalue weighted by Crippen LogP contribution is -2.11. The van der Waals surface area contributed by atoms with Gasteiger partial charge in [-0.2, -0.15) is 5.10 Å². The van der Waals surface area contributed by atoms with Gasteiger partial charge in [0.15, 0.2) is 11.5 Å². The van der Waals surface area contributed by atoms with Crippen molar-refractivity contribution >= 4 is 51.9 Å². The average Bonchev–Trinajstić information content (AvgIpc) is 3.29. The number of nitrogens with one attached hydrogen (secondary N) is 1. The number of anilines is 1. The van der Waals surface area contributed by atoms with Crippen LogP contribution in [0.2, 0.25) is 10.0 Å². The fourth-order valence-electron chi connectivity index (χ4n) is 3.22. The van der Waals surface area contributed by atoms with Crippen LogP contribution < -0.4 is 14.9 Å². The molecule has 0 spiro atoms. The van der Waals surface area contributed by atoms with E-state index in [1.54, 1.807) is 48.7 Å². The van der Waals surface area contributed by atoms with Crippen molar-refractivity contribution in [1.82, 2.24) is 4.98 Å². The van der Waals surface area contributed by atoms with Crippen molar-refractivity contribution in [1.29, 1.82) is 0 Å². The number of hydrogen-bond acceptors (Lipinski definition) is 7. The summed E-state index contributed by atoms with van der Waals surface area (Å²) in [6.07, 6.45) is 1.63. The summed E-state index contributed by atoms with van der Waals surface area (Å²) in [5.74, 6) is 0.356. The largest absolute Gasteiger partial charge is 0.490 e. The van der Waals surface area contributed by atoms with E-state index in [1.807, 2.05) is 37.4 Å². The highest BCUT2D eigenvalue weighted by molar-refractivity contribution is 7.14. The first-order valence-corrected chi connectivity index (χ1v) is 12.3. The minimum Gasteiger partial charge on any atom is -0.490 e. The molecular weight excluding hydrogens is 505 g/mol. The summed E-state index contributed by atoms with van der Waals surface area (Å²) in [5.41, 5.74) is 6.55. The minimum atomic E-state index is -0.437. The number of nitrogens with zero attached hydrogens (tertiary/aromatic N) is 2. The predicted molar refractivity (Wildman–Crippen MR) is 143 cm³/mol. The maximum absolute atomic E-state index is 12.6. The molecule has 0 aliphatic rings. The van der Waals surface area contributed by atoms with E-state index in [9.17, 15) is 4.79 Å². The van der Waals surface area contributed by atoms with Crippen LogP contribution in [0.1, 0.15) is 28.4 Å². The molecule has 0 radical (unpaired) electrons. The van der Waals surface area contributed by atoms with Crippen molar-refractivity contribution in [2.45, 2.75) is 13.8 Å². The van der Waals surface area contributed by atoms with Crippen LogP contribution >= 0.6 is 34.5 Å². The summed E-state index contributed by atoms with van der Waals surface area (Å²) in [7, 11) is 0. The van der Waals surface area contributed by atoms with E-state index in [1.165, 1.54) is 11.3 Å². The number of hydrazone groups is 1. The number of hydrogen-bond donors (Lipinski definition) is 1. The summed E-state index contributed by atoms with van der Waals surface area (Å²) in [4.78, 5) is 17.1. The normalized spacial score (nSPS) is 11.0. The third-order valence-electron chi connectivity index (χ3n) is 4.92. The van der Waals surface area contributed by atoms with Gasteiger partial charge >= 0.3 is 5.97 Å². The molecular formula is C26H21Cl2N3O3S. The molecule has 0 aliphatic heterocycles. The molecule has 6 nitrogen and oxygen atoms in total. The summed E-state index contributed by atoms with van der Waals surface area (Å²) < 4.78 is 11.3. The number of carbonyl (C=O) groups is 1. The zero-order valence-corrected chi connectivity index (χ0v) is 21.2. The SMILES string of the molecule is CCOc1cc(/C=N\Nc2nc(-c3ccc(Cl)cc3Cl)cs2)ccc1OC(=O)c1ccccc1C. The number of carbonyl (C=O) groups excluding carboxylic acids is 1. The molecule has 0 atom stereocenters. The molecule has 0 aliphatic carbocycles. The zero-order valence-electron chi connectivity index (χ0n) is 18.9. The van der Waals surface area contributed by atoms with Crippen molar-refractivity contribution in [2.75, 3.05) is 12.0 Å². The quantitative estimate of drug-likeness (QED) is 0.111. The van der Waals surface area contributed by atoms with Gasteiger partial charge in [-0.15, -0.1) is 11.3 Å². The Morgan fingerprint density at radius 2 is 1.94 bits per heavy atom. The van der Waals surface area contributed by atoms with Crippen LogP contribution in [0.3, 0.4) is 0 Å².